The van der Waals surface area contributed by atoms with Gasteiger partial charge in [0.05, 0.1) is 22.9 Å². The van der Waals surface area contributed by atoms with Crippen LogP contribution in [0.5, 0.6) is 0 Å². The molecule has 4 atom stereocenters. The van der Waals surface area contributed by atoms with E-state index in [2.05, 4.69) is 22.1 Å². The van der Waals surface area contributed by atoms with Crippen LogP contribution in [-0.2, 0) is 9.59 Å². The fourth-order valence-corrected chi connectivity index (χ4v) is 4.71. The second kappa shape index (κ2) is 3.40. The Morgan fingerprint density at radius 2 is 1.52 bits per heavy atom. The maximum Gasteiger partial charge on any atom is 0.324 e. The van der Waals surface area contributed by atoms with Gasteiger partial charge in [-0.2, -0.15) is 0 Å². The lowest BCUT2D eigenvalue weighted by Gasteiger charge is -2.71. The minimum atomic E-state index is -0.904. The molecule has 21 heavy (non-hydrogen) atoms. The van der Waals surface area contributed by atoms with Gasteiger partial charge in [0, 0.05) is 13.1 Å². The lowest BCUT2D eigenvalue weighted by Crippen LogP contribution is -2.89. The summed E-state index contributed by atoms with van der Waals surface area (Å²) in [6, 6.07) is -0.793. The molecule has 7 nitrogen and oxygen atoms in total. The van der Waals surface area contributed by atoms with Crippen LogP contribution in [0, 0.1) is 10.8 Å². The number of hydrogen-bond acceptors (Lipinski definition) is 4. The predicted molar refractivity (Wildman–Crippen MR) is 72.6 cm³/mol. The summed E-state index contributed by atoms with van der Waals surface area (Å²) in [7, 11) is 0. The molecule has 7 heteroatoms. The number of amides is 4. The predicted octanol–water partition coefficient (Wildman–Crippen LogP) is -0.392. The number of urea groups is 1. The van der Waals surface area contributed by atoms with Gasteiger partial charge in [0.25, 0.3) is 0 Å². The van der Waals surface area contributed by atoms with Crippen LogP contribution in [0.1, 0.15) is 20.3 Å². The molecule has 4 fully saturated rings. The zero-order chi connectivity index (χ0) is 15.2. The summed E-state index contributed by atoms with van der Waals surface area (Å²) in [4.78, 5) is 41.0. The van der Waals surface area contributed by atoms with Crippen LogP contribution in [0.3, 0.4) is 0 Å². The van der Waals surface area contributed by atoms with E-state index in [0.717, 1.165) is 13.0 Å². The Kier molecular flexibility index (Phi) is 2.05. The molecule has 3 saturated heterocycles. The van der Waals surface area contributed by atoms with Gasteiger partial charge < -0.3 is 15.1 Å². The average molecular weight is 290 g/mol. The minimum Gasteiger partial charge on any atom is -0.352 e. The fourth-order valence-electron chi connectivity index (χ4n) is 4.71. The van der Waals surface area contributed by atoms with Crippen LogP contribution in [0.15, 0.2) is 12.4 Å². The van der Waals surface area contributed by atoms with Gasteiger partial charge in [-0.3, -0.25) is 14.9 Å². The molecule has 0 bridgehead atoms. The summed E-state index contributed by atoms with van der Waals surface area (Å²) in [5.74, 6) is 0.0423. The van der Waals surface area contributed by atoms with Crippen molar-refractivity contribution in [1.82, 2.24) is 20.4 Å². The van der Waals surface area contributed by atoms with Crippen molar-refractivity contribution >= 4 is 17.8 Å². The largest absolute Gasteiger partial charge is 0.352 e. The van der Waals surface area contributed by atoms with Gasteiger partial charge >= 0.3 is 6.03 Å². The monoisotopic (exact) mass is 290 g/mol. The molecule has 1 saturated carbocycles. The first-order chi connectivity index (χ1) is 9.83. The van der Waals surface area contributed by atoms with Crippen molar-refractivity contribution in [3.05, 3.63) is 12.4 Å². The van der Waals surface area contributed by atoms with Crippen molar-refractivity contribution in [1.29, 1.82) is 0 Å². The summed E-state index contributed by atoms with van der Waals surface area (Å²) in [6.45, 7) is 8.85. The van der Waals surface area contributed by atoms with E-state index in [1.165, 1.54) is 0 Å². The molecular formula is C14H18N4O3. The van der Waals surface area contributed by atoms with Crippen molar-refractivity contribution in [3.8, 4) is 0 Å². The molecule has 4 rings (SSSR count). The van der Waals surface area contributed by atoms with Gasteiger partial charge in [-0.1, -0.05) is 6.58 Å². The van der Waals surface area contributed by atoms with Gasteiger partial charge in [-0.25, -0.2) is 4.79 Å². The number of nitrogens with zero attached hydrogens (tertiary/aromatic N) is 2. The molecule has 2 N–H and O–H groups in total. The summed E-state index contributed by atoms with van der Waals surface area (Å²) >= 11 is 0. The third-order valence-electron chi connectivity index (χ3n) is 6.06. The molecule has 1 aliphatic carbocycles. The highest BCUT2D eigenvalue weighted by Crippen LogP contribution is 2.64. The van der Waals surface area contributed by atoms with Crippen molar-refractivity contribution in [3.63, 3.8) is 0 Å². The van der Waals surface area contributed by atoms with E-state index in [1.54, 1.807) is 11.8 Å². The van der Waals surface area contributed by atoms with Gasteiger partial charge in [-0.15, -0.1) is 0 Å². The fraction of sp³-hybridized carbons (Fsp3) is 0.643. The van der Waals surface area contributed by atoms with Gasteiger partial charge in [-0.05, 0) is 20.3 Å². The Morgan fingerprint density at radius 3 is 2.19 bits per heavy atom. The van der Waals surface area contributed by atoms with Crippen LogP contribution in [0.4, 0.5) is 4.79 Å². The Hall–Kier alpha value is -2.05. The first-order valence-electron chi connectivity index (χ1n) is 7.22. The number of hydrogen-bond donors (Lipinski definition) is 2. The van der Waals surface area contributed by atoms with Gasteiger partial charge in [0.2, 0.25) is 11.8 Å². The number of rotatable bonds is 0. The highest BCUT2D eigenvalue weighted by molar-refractivity contribution is 6.07. The molecule has 112 valence electrons. The van der Waals surface area contributed by atoms with Crippen molar-refractivity contribution in [2.75, 3.05) is 13.1 Å². The first kappa shape index (κ1) is 12.7. The lowest BCUT2D eigenvalue weighted by molar-refractivity contribution is -0.213. The molecule has 0 radical (unpaired) electrons. The highest BCUT2D eigenvalue weighted by Gasteiger charge is 2.80. The molecule has 4 aliphatic rings. The Labute approximate surface area is 122 Å². The SMILES string of the molecule is C=C1NC(=O)C2(C)C3C4N(CCCN13)C(=O)NC(=O)C42C. The van der Waals surface area contributed by atoms with E-state index in [0.29, 0.717) is 12.4 Å². The number of carbonyl (C=O) groups is 3. The molecule has 0 aromatic carbocycles. The van der Waals surface area contributed by atoms with E-state index in [9.17, 15) is 14.4 Å². The molecule has 0 aromatic rings. The Balaban J connectivity index is 1.92. The number of fused-ring (bicyclic) bond motifs is 1. The zero-order valence-corrected chi connectivity index (χ0v) is 12.1. The highest BCUT2D eigenvalue weighted by atomic mass is 16.2. The van der Waals surface area contributed by atoms with E-state index < -0.39 is 10.8 Å². The topological polar surface area (TPSA) is 81.8 Å². The first-order valence-corrected chi connectivity index (χ1v) is 7.22. The normalized spacial score (nSPS) is 44.5. The van der Waals surface area contributed by atoms with E-state index >= 15 is 0 Å². The summed E-state index contributed by atoms with van der Waals surface area (Å²) in [5.41, 5.74) is -1.76. The standard InChI is InChI=1S/C14H18N4O3/c1-7-15-10(19)13(2)8-9-14(13,3)11(20)16-12(21)18(9)6-4-5-17(7)8/h8-9H,1,4-6H2,2-3H3,(H,15,19)(H,16,20,21). The summed E-state index contributed by atoms with van der Waals surface area (Å²) in [6.07, 6.45) is 0.787. The average Bonchev–Trinajstić information content (AvgIpc) is 2.63. The quantitative estimate of drug-likeness (QED) is 0.636. The van der Waals surface area contributed by atoms with Gasteiger partial charge in [0.1, 0.15) is 5.82 Å². The molecular weight excluding hydrogens is 272 g/mol. The van der Waals surface area contributed by atoms with Crippen LogP contribution in [-0.4, -0.2) is 52.8 Å². The van der Waals surface area contributed by atoms with Gasteiger partial charge in [0.15, 0.2) is 0 Å². The van der Waals surface area contributed by atoms with Crippen molar-refractivity contribution in [2.24, 2.45) is 10.8 Å². The maximum absolute atomic E-state index is 12.6. The number of carbonyl (C=O) groups excluding carboxylic acids is 3. The van der Waals surface area contributed by atoms with Crippen molar-refractivity contribution < 1.29 is 14.4 Å². The van der Waals surface area contributed by atoms with Crippen LogP contribution >= 0.6 is 0 Å². The summed E-state index contributed by atoms with van der Waals surface area (Å²) in [5, 5.41) is 5.23. The maximum atomic E-state index is 12.6. The number of imide groups is 1. The minimum absolute atomic E-state index is 0.179. The smallest absolute Gasteiger partial charge is 0.324 e. The van der Waals surface area contributed by atoms with Crippen LogP contribution < -0.4 is 10.6 Å². The molecule has 0 aromatic heterocycles. The Bertz CT molecular complexity index is 565. The lowest BCUT2D eigenvalue weighted by atomic mass is 9.42. The van der Waals surface area contributed by atoms with E-state index in [4.69, 9.17) is 0 Å². The summed E-state index contributed by atoms with van der Waals surface area (Å²) < 4.78 is 0. The molecule has 4 unspecified atom stereocenters. The third kappa shape index (κ3) is 1.08. The second-order valence-electron chi connectivity index (χ2n) is 6.69. The third-order valence-corrected chi connectivity index (χ3v) is 6.06. The van der Waals surface area contributed by atoms with Crippen LogP contribution in [0.25, 0.3) is 0 Å². The molecule has 0 spiro atoms. The zero-order valence-electron chi connectivity index (χ0n) is 12.1. The molecule has 3 heterocycles. The van der Waals surface area contributed by atoms with Crippen molar-refractivity contribution in [2.45, 2.75) is 32.4 Å². The molecule has 3 aliphatic heterocycles. The number of nitrogens with one attached hydrogen (secondary N) is 2. The van der Waals surface area contributed by atoms with Crippen LogP contribution in [0.2, 0.25) is 0 Å². The van der Waals surface area contributed by atoms with E-state index in [-0.39, 0.29) is 29.9 Å². The van der Waals surface area contributed by atoms with E-state index in [1.807, 2.05) is 6.92 Å². The Morgan fingerprint density at radius 1 is 1.00 bits per heavy atom. The second-order valence-corrected chi connectivity index (χ2v) is 6.69. The molecule has 4 amide bonds.